The van der Waals surface area contributed by atoms with Crippen LogP contribution in [0.15, 0.2) is 16.6 Å². The molecule has 2 N–H and O–H groups in total. The van der Waals surface area contributed by atoms with Crippen molar-refractivity contribution in [3.05, 3.63) is 33.9 Å². The van der Waals surface area contributed by atoms with E-state index in [1.165, 1.54) is 9.25 Å². The lowest BCUT2D eigenvalue weighted by Gasteiger charge is -2.09. The van der Waals surface area contributed by atoms with Gasteiger partial charge in [-0.1, -0.05) is 0 Å². The van der Waals surface area contributed by atoms with E-state index in [2.05, 4.69) is 26.0 Å². The number of benzene rings is 1. The van der Waals surface area contributed by atoms with Gasteiger partial charge in [0.15, 0.2) is 5.65 Å². The van der Waals surface area contributed by atoms with Crippen molar-refractivity contribution >= 4 is 33.0 Å². The average Bonchev–Trinajstić information content (AvgIpc) is 2.83. The molecule has 0 radical (unpaired) electrons. The molecule has 0 spiro atoms. The van der Waals surface area contributed by atoms with Gasteiger partial charge in [0.05, 0.1) is 15.9 Å². The number of halogens is 3. The van der Waals surface area contributed by atoms with Crippen LogP contribution in [-0.2, 0) is 7.05 Å². The van der Waals surface area contributed by atoms with E-state index in [9.17, 15) is 8.78 Å². The summed E-state index contributed by atoms with van der Waals surface area (Å²) >= 11 is 2.94. The normalized spacial score (nSPS) is 11.4. The van der Waals surface area contributed by atoms with E-state index in [-0.39, 0.29) is 16.1 Å². The van der Waals surface area contributed by atoms with Gasteiger partial charge in [0.25, 0.3) is 0 Å². The summed E-state index contributed by atoms with van der Waals surface area (Å²) in [6.45, 7) is 1.78. The Kier molecular flexibility index (Phi) is 2.79. The van der Waals surface area contributed by atoms with Crippen molar-refractivity contribution in [2.24, 2.45) is 7.05 Å². The molecule has 0 aliphatic carbocycles. The van der Waals surface area contributed by atoms with E-state index in [1.807, 2.05) is 0 Å². The Hall–Kier alpha value is -1.96. The first-order valence-electron chi connectivity index (χ1n) is 5.72. The summed E-state index contributed by atoms with van der Waals surface area (Å²) in [6, 6.07) is 2.12. The van der Waals surface area contributed by atoms with Crippen molar-refractivity contribution in [2.45, 2.75) is 6.92 Å². The second-order valence-corrected chi connectivity index (χ2v) is 5.26. The van der Waals surface area contributed by atoms with Crippen LogP contribution in [0.1, 0.15) is 5.69 Å². The third kappa shape index (κ3) is 1.71. The highest BCUT2D eigenvalue weighted by molar-refractivity contribution is 9.10. The molecule has 5 nitrogen and oxygen atoms in total. The minimum atomic E-state index is -0.608. The Balaban J connectivity index is 2.40. The zero-order valence-corrected chi connectivity index (χ0v) is 12.2. The first kappa shape index (κ1) is 13.0. The predicted molar refractivity (Wildman–Crippen MR) is 74.6 cm³/mol. The fourth-order valence-corrected chi connectivity index (χ4v) is 2.53. The van der Waals surface area contributed by atoms with Crippen LogP contribution in [0.25, 0.3) is 16.9 Å². The van der Waals surface area contributed by atoms with Crippen LogP contribution in [0.5, 0.6) is 0 Å². The molecule has 0 fully saturated rings. The molecule has 0 saturated heterocycles. The number of imidazole rings is 1. The second kappa shape index (κ2) is 4.27. The molecule has 8 heteroatoms. The number of hydrogen-bond acceptors (Lipinski definition) is 3. The van der Waals surface area contributed by atoms with Gasteiger partial charge in [-0.3, -0.25) is 4.57 Å². The van der Waals surface area contributed by atoms with Crippen molar-refractivity contribution in [1.29, 1.82) is 0 Å². The van der Waals surface area contributed by atoms with E-state index in [0.717, 1.165) is 12.1 Å². The molecule has 0 saturated carbocycles. The van der Waals surface area contributed by atoms with Crippen LogP contribution in [0.3, 0.4) is 0 Å². The van der Waals surface area contributed by atoms with Crippen molar-refractivity contribution in [1.82, 2.24) is 19.3 Å². The lowest BCUT2D eigenvalue weighted by Crippen LogP contribution is -2.07. The molecule has 0 amide bonds. The van der Waals surface area contributed by atoms with Crippen molar-refractivity contribution in [3.63, 3.8) is 0 Å². The quantitative estimate of drug-likeness (QED) is 0.692. The summed E-state index contributed by atoms with van der Waals surface area (Å²) in [5, 5.41) is 4.20. The fourth-order valence-electron chi connectivity index (χ4n) is 2.21. The molecule has 1 aromatic carbocycles. The Morgan fingerprint density at radius 1 is 1.25 bits per heavy atom. The molecule has 0 bridgehead atoms. The highest BCUT2D eigenvalue weighted by Gasteiger charge is 2.20. The van der Waals surface area contributed by atoms with Gasteiger partial charge < -0.3 is 5.73 Å². The Morgan fingerprint density at radius 3 is 2.65 bits per heavy atom. The number of aromatic nitrogens is 4. The van der Waals surface area contributed by atoms with Crippen LogP contribution < -0.4 is 5.73 Å². The summed E-state index contributed by atoms with van der Waals surface area (Å²) in [7, 11) is 1.69. The molecule has 2 aromatic heterocycles. The lowest BCUT2D eigenvalue weighted by atomic mass is 10.3. The third-order valence-electron chi connectivity index (χ3n) is 3.06. The number of hydrogen-bond donors (Lipinski definition) is 1. The molecular weight excluding hydrogens is 332 g/mol. The SMILES string of the molecule is Cc1nn(C)c2c1nc(N)n2-c1cc(F)c(Br)cc1F. The zero-order valence-electron chi connectivity index (χ0n) is 10.7. The van der Waals surface area contributed by atoms with E-state index in [0.29, 0.717) is 16.9 Å². The predicted octanol–water partition coefficient (Wildman–Crippen LogP) is 2.69. The molecule has 2 heterocycles. The largest absolute Gasteiger partial charge is 0.369 e. The number of nitrogens with two attached hydrogens (primary N) is 1. The van der Waals surface area contributed by atoms with E-state index in [4.69, 9.17) is 5.73 Å². The zero-order chi connectivity index (χ0) is 14.6. The highest BCUT2D eigenvalue weighted by atomic mass is 79.9. The smallest absolute Gasteiger partial charge is 0.207 e. The minimum absolute atomic E-state index is 0.00583. The van der Waals surface area contributed by atoms with Crippen molar-refractivity contribution in [3.8, 4) is 5.69 Å². The minimum Gasteiger partial charge on any atom is -0.369 e. The van der Waals surface area contributed by atoms with E-state index in [1.54, 1.807) is 14.0 Å². The highest BCUT2D eigenvalue weighted by Crippen LogP contribution is 2.29. The number of rotatable bonds is 1. The molecule has 0 atom stereocenters. The van der Waals surface area contributed by atoms with Gasteiger partial charge in [-0.05, 0) is 28.9 Å². The van der Waals surface area contributed by atoms with Crippen LogP contribution >= 0.6 is 15.9 Å². The van der Waals surface area contributed by atoms with E-state index < -0.39 is 11.6 Å². The van der Waals surface area contributed by atoms with Gasteiger partial charge in [0.1, 0.15) is 17.2 Å². The van der Waals surface area contributed by atoms with Crippen LogP contribution in [0.2, 0.25) is 0 Å². The number of nitrogens with zero attached hydrogens (tertiary/aromatic N) is 4. The van der Waals surface area contributed by atoms with Crippen molar-refractivity contribution in [2.75, 3.05) is 5.73 Å². The van der Waals surface area contributed by atoms with Gasteiger partial charge in [-0.25, -0.2) is 18.4 Å². The molecule has 104 valence electrons. The maximum atomic E-state index is 14.1. The first-order chi connectivity index (χ1) is 9.40. The average molecular weight is 342 g/mol. The van der Waals surface area contributed by atoms with Crippen LogP contribution in [0, 0.1) is 18.6 Å². The maximum Gasteiger partial charge on any atom is 0.207 e. The number of aryl methyl sites for hydroxylation is 2. The first-order valence-corrected chi connectivity index (χ1v) is 6.52. The lowest BCUT2D eigenvalue weighted by molar-refractivity contribution is 0.587. The molecule has 0 unspecified atom stereocenters. The molecule has 3 aromatic rings. The van der Waals surface area contributed by atoms with Gasteiger partial charge >= 0.3 is 0 Å². The van der Waals surface area contributed by atoms with Gasteiger partial charge in [0.2, 0.25) is 5.95 Å². The summed E-state index contributed by atoms with van der Waals surface area (Å²) in [4.78, 5) is 4.16. The number of nitrogen functional groups attached to an aromatic ring is 1. The second-order valence-electron chi connectivity index (χ2n) is 4.40. The Morgan fingerprint density at radius 2 is 1.95 bits per heavy atom. The topological polar surface area (TPSA) is 61.7 Å². The summed E-state index contributed by atoms with van der Waals surface area (Å²) < 4.78 is 30.7. The Bertz CT molecular complexity index is 836. The molecule has 0 aliphatic heterocycles. The summed E-state index contributed by atoms with van der Waals surface area (Å²) in [6.07, 6.45) is 0. The fraction of sp³-hybridized carbons (Fsp3) is 0.167. The van der Waals surface area contributed by atoms with Gasteiger partial charge in [-0.2, -0.15) is 5.10 Å². The number of anilines is 1. The molecule has 20 heavy (non-hydrogen) atoms. The van der Waals surface area contributed by atoms with Gasteiger partial charge in [-0.15, -0.1) is 0 Å². The van der Waals surface area contributed by atoms with Gasteiger partial charge in [0, 0.05) is 13.1 Å². The standard InChI is InChI=1S/C12H10BrF2N5/c1-5-10-11(19(2)18-5)20(12(16)17-10)9-4-7(14)6(13)3-8(9)15/h3-4H,1-2H3,(H2,16,17). The van der Waals surface area contributed by atoms with Crippen molar-refractivity contribution < 1.29 is 8.78 Å². The third-order valence-corrected chi connectivity index (χ3v) is 3.67. The molecule has 0 aliphatic rings. The number of fused-ring (bicyclic) bond motifs is 1. The molecule has 3 rings (SSSR count). The monoisotopic (exact) mass is 341 g/mol. The van der Waals surface area contributed by atoms with E-state index >= 15 is 0 Å². The van der Waals surface area contributed by atoms with Crippen LogP contribution in [-0.4, -0.2) is 19.3 Å². The summed E-state index contributed by atoms with van der Waals surface area (Å²) in [5.41, 5.74) is 7.58. The Labute approximate surface area is 121 Å². The maximum absolute atomic E-state index is 14.1. The summed E-state index contributed by atoms with van der Waals surface area (Å²) in [5.74, 6) is -1.11. The molecular formula is C12H10BrF2N5. The van der Waals surface area contributed by atoms with Crippen LogP contribution in [0.4, 0.5) is 14.7 Å².